The summed E-state index contributed by atoms with van der Waals surface area (Å²) in [7, 11) is 0. The van der Waals surface area contributed by atoms with Gasteiger partial charge in [0.05, 0.1) is 6.54 Å². The van der Waals surface area contributed by atoms with Crippen LogP contribution in [0.2, 0.25) is 5.02 Å². The highest BCUT2D eigenvalue weighted by Crippen LogP contribution is 2.33. The minimum absolute atomic E-state index is 0.230. The van der Waals surface area contributed by atoms with Crippen molar-refractivity contribution in [1.82, 2.24) is 14.2 Å². The molecule has 0 unspecified atom stereocenters. The number of halogens is 2. The second kappa shape index (κ2) is 6.99. The van der Waals surface area contributed by atoms with Crippen LogP contribution in [0.3, 0.4) is 0 Å². The predicted molar refractivity (Wildman–Crippen MR) is 110 cm³/mol. The van der Waals surface area contributed by atoms with E-state index in [0.717, 1.165) is 42.3 Å². The molecule has 142 valence electrons. The molecule has 0 atom stereocenters. The van der Waals surface area contributed by atoms with E-state index >= 15 is 0 Å². The van der Waals surface area contributed by atoms with Gasteiger partial charge >= 0.3 is 0 Å². The minimum Gasteiger partial charge on any atom is -0.378 e. The quantitative estimate of drug-likeness (QED) is 0.492. The lowest BCUT2D eigenvalue weighted by Gasteiger charge is -2.09. The fourth-order valence-electron chi connectivity index (χ4n) is 3.99. The van der Waals surface area contributed by atoms with Gasteiger partial charge in [-0.2, -0.15) is 5.10 Å². The fourth-order valence-corrected chi connectivity index (χ4v) is 4.12. The molecule has 3 heterocycles. The molecule has 0 spiro atoms. The number of hydrogen-bond donors (Lipinski definition) is 1. The fraction of sp³-hybridized carbons (Fsp3) is 0.227. The molecule has 0 fully saturated rings. The lowest BCUT2D eigenvalue weighted by molar-refractivity contribution is 0.618. The number of nitrogens with zero attached hydrogens (tertiary/aromatic N) is 3. The molecule has 4 nitrogen and oxygen atoms in total. The van der Waals surface area contributed by atoms with Crippen molar-refractivity contribution in [3.05, 3.63) is 77.0 Å². The summed E-state index contributed by atoms with van der Waals surface area (Å²) in [6.07, 6.45) is 5.46. The molecule has 4 aromatic rings. The largest absolute Gasteiger partial charge is 0.378 e. The third kappa shape index (κ3) is 3.06. The highest BCUT2D eigenvalue weighted by atomic mass is 35.5. The van der Waals surface area contributed by atoms with Gasteiger partial charge in [-0.25, -0.2) is 8.91 Å². The average Bonchev–Trinajstić information content (AvgIpc) is 3.12. The Morgan fingerprint density at radius 2 is 1.82 bits per heavy atom. The molecule has 0 saturated heterocycles. The minimum atomic E-state index is -0.230. The summed E-state index contributed by atoms with van der Waals surface area (Å²) in [5.41, 5.74) is 5.81. The monoisotopic (exact) mass is 394 g/mol. The van der Waals surface area contributed by atoms with Crippen molar-refractivity contribution in [2.75, 3.05) is 5.32 Å². The zero-order valence-corrected chi connectivity index (χ0v) is 16.1. The van der Waals surface area contributed by atoms with Crippen molar-refractivity contribution in [3.63, 3.8) is 0 Å². The standard InChI is InChI=1S/C22H20ClFN4/c23-16-6-4-15(5-7-16)20-14-28-22-19(20)3-1-2-12-27(22)21(26-28)13-25-18-10-8-17(24)9-11-18/h4-11,14,25H,1-3,12-13H2. The van der Waals surface area contributed by atoms with Gasteiger partial charge in [0.2, 0.25) is 0 Å². The van der Waals surface area contributed by atoms with Gasteiger partial charge in [-0.15, -0.1) is 0 Å². The van der Waals surface area contributed by atoms with Gasteiger partial charge in [0.25, 0.3) is 0 Å². The van der Waals surface area contributed by atoms with E-state index in [-0.39, 0.29) is 5.82 Å². The number of aryl methyl sites for hydroxylation is 2. The predicted octanol–water partition coefficient (Wildman–Crippen LogP) is 5.54. The SMILES string of the molecule is Fc1ccc(NCc2nn3cc(-c4ccc(Cl)cc4)c4c3n2CCCC4)cc1. The van der Waals surface area contributed by atoms with E-state index < -0.39 is 0 Å². The first kappa shape index (κ1) is 17.3. The van der Waals surface area contributed by atoms with E-state index in [1.165, 1.54) is 34.5 Å². The van der Waals surface area contributed by atoms with Crippen LogP contribution in [0, 0.1) is 5.82 Å². The molecule has 1 N–H and O–H groups in total. The van der Waals surface area contributed by atoms with Crippen molar-refractivity contribution in [1.29, 1.82) is 0 Å². The zero-order valence-electron chi connectivity index (χ0n) is 15.3. The van der Waals surface area contributed by atoms with Crippen molar-refractivity contribution in [3.8, 4) is 11.1 Å². The molecule has 0 bridgehead atoms. The van der Waals surface area contributed by atoms with E-state index in [1.807, 2.05) is 16.6 Å². The lowest BCUT2D eigenvalue weighted by atomic mass is 10.0. The molecule has 28 heavy (non-hydrogen) atoms. The molecular formula is C22H20ClFN4. The molecule has 0 saturated carbocycles. The Kier molecular flexibility index (Phi) is 4.32. The highest BCUT2D eigenvalue weighted by Gasteiger charge is 2.22. The van der Waals surface area contributed by atoms with Crippen LogP contribution in [-0.2, 0) is 19.5 Å². The van der Waals surface area contributed by atoms with Crippen LogP contribution < -0.4 is 5.32 Å². The van der Waals surface area contributed by atoms with Gasteiger partial charge < -0.3 is 9.88 Å². The van der Waals surface area contributed by atoms with E-state index in [1.54, 1.807) is 12.1 Å². The summed E-state index contributed by atoms with van der Waals surface area (Å²) in [6, 6.07) is 14.4. The number of nitrogens with one attached hydrogen (secondary N) is 1. The number of rotatable bonds is 4. The van der Waals surface area contributed by atoms with Crippen LogP contribution in [-0.4, -0.2) is 14.2 Å². The summed E-state index contributed by atoms with van der Waals surface area (Å²) in [5, 5.41) is 8.94. The summed E-state index contributed by atoms with van der Waals surface area (Å²) >= 11 is 6.06. The van der Waals surface area contributed by atoms with E-state index in [2.05, 4.69) is 28.2 Å². The summed E-state index contributed by atoms with van der Waals surface area (Å²) in [6.45, 7) is 1.56. The Balaban J connectivity index is 1.52. The molecule has 2 aromatic carbocycles. The average molecular weight is 395 g/mol. The van der Waals surface area contributed by atoms with Gasteiger partial charge in [-0.1, -0.05) is 23.7 Å². The Hall–Kier alpha value is -2.79. The normalized spacial score (nSPS) is 13.6. The number of hydrogen-bond acceptors (Lipinski definition) is 2. The third-order valence-electron chi connectivity index (χ3n) is 5.36. The van der Waals surface area contributed by atoms with E-state index in [4.69, 9.17) is 16.7 Å². The number of aromatic nitrogens is 3. The highest BCUT2D eigenvalue weighted by molar-refractivity contribution is 6.30. The first-order valence-corrected chi connectivity index (χ1v) is 9.92. The third-order valence-corrected chi connectivity index (χ3v) is 5.61. The van der Waals surface area contributed by atoms with Crippen LogP contribution in [0.4, 0.5) is 10.1 Å². The topological polar surface area (TPSA) is 34.3 Å². The van der Waals surface area contributed by atoms with Crippen LogP contribution >= 0.6 is 11.6 Å². The number of benzene rings is 2. The van der Waals surface area contributed by atoms with Gasteiger partial charge in [0, 0.05) is 34.6 Å². The van der Waals surface area contributed by atoms with E-state index in [0.29, 0.717) is 6.54 Å². The Labute approximate surface area is 167 Å². The molecule has 0 amide bonds. The Bertz CT molecular complexity index is 1130. The van der Waals surface area contributed by atoms with Gasteiger partial charge in [0.15, 0.2) is 5.82 Å². The molecule has 5 rings (SSSR count). The molecule has 2 aromatic heterocycles. The second-order valence-corrected chi connectivity index (χ2v) is 7.62. The maximum Gasteiger partial charge on any atom is 0.150 e. The zero-order chi connectivity index (χ0) is 19.1. The van der Waals surface area contributed by atoms with Crippen molar-refractivity contribution in [2.45, 2.75) is 32.4 Å². The Morgan fingerprint density at radius 3 is 2.61 bits per heavy atom. The van der Waals surface area contributed by atoms with Crippen molar-refractivity contribution < 1.29 is 4.39 Å². The van der Waals surface area contributed by atoms with E-state index in [9.17, 15) is 4.39 Å². The molecule has 0 radical (unpaired) electrons. The molecular weight excluding hydrogens is 375 g/mol. The van der Waals surface area contributed by atoms with Crippen LogP contribution in [0.25, 0.3) is 16.8 Å². The van der Waals surface area contributed by atoms with Crippen molar-refractivity contribution in [2.24, 2.45) is 0 Å². The smallest absolute Gasteiger partial charge is 0.150 e. The molecule has 0 aliphatic carbocycles. The number of anilines is 1. The van der Waals surface area contributed by atoms with Gasteiger partial charge in [-0.05, 0) is 61.2 Å². The maximum absolute atomic E-state index is 13.1. The van der Waals surface area contributed by atoms with Crippen LogP contribution in [0.1, 0.15) is 24.2 Å². The molecule has 1 aliphatic rings. The Morgan fingerprint density at radius 1 is 1.04 bits per heavy atom. The van der Waals surface area contributed by atoms with Crippen LogP contribution in [0.15, 0.2) is 54.7 Å². The van der Waals surface area contributed by atoms with Gasteiger partial charge in [-0.3, -0.25) is 0 Å². The van der Waals surface area contributed by atoms with Crippen LogP contribution in [0.5, 0.6) is 0 Å². The maximum atomic E-state index is 13.1. The van der Waals surface area contributed by atoms with Gasteiger partial charge in [0.1, 0.15) is 11.5 Å². The summed E-state index contributed by atoms with van der Waals surface area (Å²) in [4.78, 5) is 0. The molecule has 6 heteroatoms. The summed E-state index contributed by atoms with van der Waals surface area (Å²) in [5.74, 6) is 0.761. The lowest BCUT2D eigenvalue weighted by Crippen LogP contribution is -2.09. The second-order valence-electron chi connectivity index (χ2n) is 7.18. The first-order valence-electron chi connectivity index (χ1n) is 9.54. The first-order chi connectivity index (χ1) is 13.7. The molecule has 1 aliphatic heterocycles. The summed E-state index contributed by atoms with van der Waals surface area (Å²) < 4.78 is 17.4. The van der Waals surface area contributed by atoms with Crippen molar-refractivity contribution >= 4 is 22.9 Å².